The Bertz CT molecular complexity index is 844. The fourth-order valence-corrected chi connectivity index (χ4v) is 4.97. The SMILES string of the molecule is O=C(O)C1CCN(S(=O)(=O)NCCc2csc(-c3ccccc3)n2)CC1. The molecule has 1 aromatic heterocycles. The summed E-state index contributed by atoms with van der Waals surface area (Å²) in [6.45, 7) is 0.738. The topological polar surface area (TPSA) is 99.6 Å². The quantitative estimate of drug-likeness (QED) is 0.747. The van der Waals surface area contributed by atoms with Gasteiger partial charge in [0.2, 0.25) is 0 Å². The number of aliphatic carboxylic acids is 1. The molecular formula is C17H21N3O4S2. The second-order valence-corrected chi connectivity index (χ2v) is 8.78. The molecule has 1 aromatic carbocycles. The number of aromatic nitrogens is 1. The van der Waals surface area contributed by atoms with Crippen LogP contribution in [0.15, 0.2) is 35.7 Å². The Morgan fingerprint density at radius 1 is 1.27 bits per heavy atom. The summed E-state index contributed by atoms with van der Waals surface area (Å²) in [6.07, 6.45) is 1.21. The summed E-state index contributed by atoms with van der Waals surface area (Å²) in [6, 6.07) is 9.85. The Hall–Kier alpha value is -1.81. The highest BCUT2D eigenvalue weighted by Gasteiger charge is 2.30. The van der Waals surface area contributed by atoms with Gasteiger partial charge in [0.15, 0.2) is 0 Å². The molecule has 1 saturated heterocycles. The molecule has 1 aliphatic heterocycles. The van der Waals surface area contributed by atoms with E-state index in [4.69, 9.17) is 5.11 Å². The van der Waals surface area contributed by atoms with E-state index in [0.29, 0.717) is 19.3 Å². The number of hydrogen-bond acceptors (Lipinski definition) is 5. The highest BCUT2D eigenvalue weighted by Crippen LogP contribution is 2.23. The Labute approximate surface area is 156 Å². The smallest absolute Gasteiger partial charge is 0.306 e. The molecule has 0 unspecified atom stereocenters. The van der Waals surface area contributed by atoms with E-state index in [1.807, 2.05) is 35.7 Å². The number of benzene rings is 1. The molecule has 140 valence electrons. The molecule has 1 aliphatic rings. The van der Waals surface area contributed by atoms with Gasteiger partial charge in [-0.05, 0) is 12.8 Å². The third kappa shape index (κ3) is 4.67. The fourth-order valence-electron chi connectivity index (χ4n) is 2.88. The third-order valence-electron chi connectivity index (χ3n) is 4.38. The van der Waals surface area contributed by atoms with Gasteiger partial charge in [0, 0.05) is 37.0 Å². The van der Waals surface area contributed by atoms with Crippen LogP contribution in [0.5, 0.6) is 0 Å². The Kier molecular flexibility index (Phi) is 6.02. The molecule has 3 rings (SSSR count). The molecule has 7 nitrogen and oxygen atoms in total. The van der Waals surface area contributed by atoms with Crippen LogP contribution in [0.4, 0.5) is 0 Å². The van der Waals surface area contributed by atoms with Crippen LogP contribution in [0.2, 0.25) is 0 Å². The molecule has 2 aromatic rings. The normalized spacial score (nSPS) is 16.6. The number of nitrogens with one attached hydrogen (secondary N) is 1. The van der Waals surface area contributed by atoms with Crippen molar-refractivity contribution in [1.82, 2.24) is 14.0 Å². The van der Waals surface area contributed by atoms with E-state index < -0.39 is 22.1 Å². The molecule has 9 heteroatoms. The molecular weight excluding hydrogens is 374 g/mol. The lowest BCUT2D eigenvalue weighted by Crippen LogP contribution is -2.46. The van der Waals surface area contributed by atoms with Crippen LogP contribution in [0.25, 0.3) is 10.6 Å². The molecule has 0 spiro atoms. The van der Waals surface area contributed by atoms with Gasteiger partial charge in [0.1, 0.15) is 5.01 Å². The van der Waals surface area contributed by atoms with Crippen LogP contribution in [-0.2, 0) is 21.4 Å². The second-order valence-electron chi connectivity index (χ2n) is 6.17. The summed E-state index contributed by atoms with van der Waals surface area (Å²) in [5.74, 6) is -1.30. The van der Waals surface area contributed by atoms with Crippen molar-refractivity contribution >= 4 is 27.5 Å². The maximum absolute atomic E-state index is 12.3. The fraction of sp³-hybridized carbons (Fsp3) is 0.412. The molecule has 2 heterocycles. The number of carbonyl (C=O) groups is 1. The highest BCUT2D eigenvalue weighted by atomic mass is 32.2. The average Bonchev–Trinajstić information content (AvgIpc) is 3.11. The van der Waals surface area contributed by atoms with Crippen molar-refractivity contribution in [2.24, 2.45) is 5.92 Å². The lowest BCUT2D eigenvalue weighted by Gasteiger charge is -2.29. The van der Waals surface area contributed by atoms with E-state index in [-0.39, 0.29) is 19.6 Å². The summed E-state index contributed by atoms with van der Waals surface area (Å²) in [7, 11) is -3.58. The van der Waals surface area contributed by atoms with Gasteiger partial charge in [0.25, 0.3) is 10.2 Å². The Morgan fingerprint density at radius 2 is 1.96 bits per heavy atom. The predicted octanol–water partition coefficient (Wildman–Crippen LogP) is 1.98. The van der Waals surface area contributed by atoms with Gasteiger partial charge >= 0.3 is 5.97 Å². The number of carboxylic acid groups (broad SMARTS) is 1. The Morgan fingerprint density at radius 3 is 2.62 bits per heavy atom. The van der Waals surface area contributed by atoms with E-state index in [1.165, 1.54) is 15.6 Å². The van der Waals surface area contributed by atoms with Gasteiger partial charge < -0.3 is 5.11 Å². The molecule has 0 atom stereocenters. The Balaban J connectivity index is 1.50. The first-order valence-corrected chi connectivity index (χ1v) is 10.7. The van der Waals surface area contributed by atoms with E-state index in [9.17, 15) is 13.2 Å². The zero-order chi connectivity index (χ0) is 18.6. The van der Waals surface area contributed by atoms with Crippen molar-refractivity contribution < 1.29 is 18.3 Å². The monoisotopic (exact) mass is 395 g/mol. The van der Waals surface area contributed by atoms with Crippen LogP contribution < -0.4 is 4.72 Å². The molecule has 0 bridgehead atoms. The second kappa shape index (κ2) is 8.26. The van der Waals surface area contributed by atoms with Gasteiger partial charge in [-0.3, -0.25) is 4.79 Å². The zero-order valence-corrected chi connectivity index (χ0v) is 15.8. The maximum atomic E-state index is 12.3. The van der Waals surface area contributed by atoms with Gasteiger partial charge in [0.05, 0.1) is 11.6 Å². The van der Waals surface area contributed by atoms with Crippen LogP contribution in [-0.4, -0.2) is 48.4 Å². The number of thiazole rings is 1. The first-order valence-electron chi connectivity index (χ1n) is 8.43. The standard InChI is InChI=1S/C17H21N3O4S2/c21-17(22)14-7-10-20(11-8-14)26(23,24)18-9-6-15-12-25-16(19-15)13-4-2-1-3-5-13/h1-5,12,14,18H,6-11H2,(H,21,22). The zero-order valence-electron chi connectivity index (χ0n) is 14.2. The number of piperidine rings is 1. The van der Waals surface area contributed by atoms with E-state index >= 15 is 0 Å². The van der Waals surface area contributed by atoms with Crippen LogP contribution >= 0.6 is 11.3 Å². The highest BCUT2D eigenvalue weighted by molar-refractivity contribution is 7.87. The molecule has 0 aliphatic carbocycles. The number of carboxylic acids is 1. The number of rotatable bonds is 7. The minimum Gasteiger partial charge on any atom is -0.481 e. The van der Waals surface area contributed by atoms with Crippen molar-refractivity contribution in [3.63, 3.8) is 0 Å². The molecule has 0 radical (unpaired) electrons. The van der Waals surface area contributed by atoms with E-state index in [0.717, 1.165) is 16.3 Å². The summed E-state index contributed by atoms with van der Waals surface area (Å²) in [5.41, 5.74) is 1.90. The lowest BCUT2D eigenvalue weighted by molar-refractivity contribution is -0.142. The van der Waals surface area contributed by atoms with Gasteiger partial charge in [-0.15, -0.1) is 11.3 Å². The van der Waals surface area contributed by atoms with E-state index in [1.54, 1.807) is 0 Å². The summed E-state index contributed by atoms with van der Waals surface area (Å²) in [4.78, 5) is 15.5. The molecule has 1 fully saturated rings. The predicted molar refractivity (Wildman–Crippen MR) is 100 cm³/mol. The van der Waals surface area contributed by atoms with Gasteiger partial charge in [-0.2, -0.15) is 12.7 Å². The van der Waals surface area contributed by atoms with Gasteiger partial charge in [-0.25, -0.2) is 9.71 Å². The molecule has 0 amide bonds. The van der Waals surface area contributed by atoms with Crippen LogP contribution in [0, 0.1) is 5.92 Å². The maximum Gasteiger partial charge on any atom is 0.306 e. The lowest BCUT2D eigenvalue weighted by atomic mass is 9.99. The summed E-state index contributed by atoms with van der Waals surface area (Å²) in [5, 5.41) is 11.8. The van der Waals surface area contributed by atoms with Crippen molar-refractivity contribution in [3.8, 4) is 10.6 Å². The van der Waals surface area contributed by atoms with E-state index in [2.05, 4.69) is 9.71 Å². The minimum atomic E-state index is -3.58. The molecule has 0 saturated carbocycles. The van der Waals surface area contributed by atoms with Crippen molar-refractivity contribution in [3.05, 3.63) is 41.4 Å². The minimum absolute atomic E-state index is 0.237. The van der Waals surface area contributed by atoms with Crippen LogP contribution in [0.1, 0.15) is 18.5 Å². The number of hydrogen-bond donors (Lipinski definition) is 2. The van der Waals surface area contributed by atoms with Crippen molar-refractivity contribution in [2.75, 3.05) is 19.6 Å². The first kappa shape index (κ1) is 19.0. The van der Waals surface area contributed by atoms with Crippen molar-refractivity contribution in [1.29, 1.82) is 0 Å². The summed E-state index contributed by atoms with van der Waals surface area (Å²) >= 11 is 1.54. The third-order valence-corrected chi connectivity index (χ3v) is 6.94. The van der Waals surface area contributed by atoms with Crippen LogP contribution in [0.3, 0.4) is 0 Å². The molecule has 26 heavy (non-hydrogen) atoms. The van der Waals surface area contributed by atoms with Gasteiger partial charge in [-0.1, -0.05) is 30.3 Å². The van der Waals surface area contributed by atoms with Crippen molar-refractivity contribution in [2.45, 2.75) is 19.3 Å². The molecule has 2 N–H and O–H groups in total. The summed E-state index contributed by atoms with van der Waals surface area (Å²) < 4.78 is 28.6. The largest absolute Gasteiger partial charge is 0.481 e. The first-order chi connectivity index (χ1) is 12.5. The number of nitrogens with zero attached hydrogens (tertiary/aromatic N) is 2. The average molecular weight is 396 g/mol.